The second kappa shape index (κ2) is 4.69. The van der Waals surface area contributed by atoms with Crippen LogP contribution < -0.4 is 10.6 Å². The van der Waals surface area contributed by atoms with Gasteiger partial charge in [-0.15, -0.1) is 0 Å². The maximum absolute atomic E-state index is 5.82. The van der Waals surface area contributed by atoms with Crippen molar-refractivity contribution in [2.24, 2.45) is 0 Å². The van der Waals surface area contributed by atoms with Crippen molar-refractivity contribution < 1.29 is 0 Å². The Morgan fingerprint density at radius 2 is 2.28 bits per heavy atom. The van der Waals surface area contributed by atoms with E-state index in [9.17, 15) is 0 Å². The minimum absolute atomic E-state index is 0.637. The number of benzene rings is 1. The summed E-state index contributed by atoms with van der Waals surface area (Å²) in [6.07, 6.45) is 3.13. The lowest BCUT2D eigenvalue weighted by atomic mass is 10.1. The Labute approximate surface area is 111 Å². The van der Waals surface area contributed by atoms with Gasteiger partial charge in [-0.05, 0) is 36.4 Å². The summed E-state index contributed by atoms with van der Waals surface area (Å²) in [6.45, 7) is 0. The van der Waals surface area contributed by atoms with Crippen LogP contribution in [0.1, 0.15) is 6.42 Å². The largest absolute Gasteiger partial charge is 0.399 e. The number of aromatic nitrogens is 1. The van der Waals surface area contributed by atoms with E-state index in [1.165, 1.54) is 29.0 Å². The molecule has 1 unspecified atom stereocenters. The highest BCUT2D eigenvalue weighted by Gasteiger charge is 2.21. The smallest absolute Gasteiger partial charge is 0.0743 e. The SMILES string of the molecule is CN(c1ccnc2cc(N)ccc12)C1CCSC1. The van der Waals surface area contributed by atoms with Gasteiger partial charge in [0, 0.05) is 41.8 Å². The summed E-state index contributed by atoms with van der Waals surface area (Å²) in [7, 11) is 2.18. The zero-order chi connectivity index (χ0) is 12.5. The number of anilines is 2. The van der Waals surface area contributed by atoms with Crippen molar-refractivity contribution in [3.05, 3.63) is 30.5 Å². The summed E-state index contributed by atoms with van der Waals surface area (Å²) in [4.78, 5) is 6.79. The highest BCUT2D eigenvalue weighted by atomic mass is 32.2. The zero-order valence-electron chi connectivity index (χ0n) is 10.5. The van der Waals surface area contributed by atoms with Crippen molar-refractivity contribution in [2.45, 2.75) is 12.5 Å². The zero-order valence-corrected chi connectivity index (χ0v) is 11.3. The molecular formula is C14H17N3S. The lowest BCUT2D eigenvalue weighted by molar-refractivity contribution is 0.702. The molecule has 18 heavy (non-hydrogen) atoms. The number of pyridine rings is 1. The molecular weight excluding hydrogens is 242 g/mol. The second-order valence-electron chi connectivity index (χ2n) is 4.73. The van der Waals surface area contributed by atoms with Crippen LogP contribution in [0.3, 0.4) is 0 Å². The Kier molecular flexibility index (Phi) is 3.04. The average molecular weight is 259 g/mol. The minimum Gasteiger partial charge on any atom is -0.399 e. The summed E-state index contributed by atoms with van der Waals surface area (Å²) in [6, 6.07) is 8.70. The highest BCUT2D eigenvalue weighted by molar-refractivity contribution is 7.99. The Bertz CT molecular complexity index is 564. The monoisotopic (exact) mass is 259 g/mol. The summed E-state index contributed by atoms with van der Waals surface area (Å²) >= 11 is 2.04. The molecule has 2 N–H and O–H groups in total. The lowest BCUT2D eigenvalue weighted by Gasteiger charge is -2.27. The third kappa shape index (κ3) is 2.01. The first-order valence-corrected chi connectivity index (χ1v) is 7.36. The van der Waals surface area contributed by atoms with Gasteiger partial charge in [-0.1, -0.05) is 0 Å². The molecule has 1 fully saturated rings. The van der Waals surface area contributed by atoms with Crippen molar-refractivity contribution in [3.8, 4) is 0 Å². The van der Waals surface area contributed by atoms with E-state index in [0.717, 1.165) is 11.2 Å². The molecule has 4 heteroatoms. The molecule has 0 spiro atoms. The van der Waals surface area contributed by atoms with Gasteiger partial charge in [0.05, 0.1) is 5.52 Å². The number of hydrogen-bond acceptors (Lipinski definition) is 4. The van der Waals surface area contributed by atoms with E-state index in [-0.39, 0.29) is 0 Å². The summed E-state index contributed by atoms with van der Waals surface area (Å²) < 4.78 is 0. The first-order valence-electron chi connectivity index (χ1n) is 6.20. The second-order valence-corrected chi connectivity index (χ2v) is 5.88. The quantitative estimate of drug-likeness (QED) is 0.842. The third-order valence-electron chi connectivity index (χ3n) is 3.58. The number of fused-ring (bicyclic) bond motifs is 1. The number of thioether (sulfide) groups is 1. The van der Waals surface area contributed by atoms with Gasteiger partial charge in [0.25, 0.3) is 0 Å². The van der Waals surface area contributed by atoms with Crippen molar-refractivity contribution in [3.63, 3.8) is 0 Å². The fourth-order valence-corrected chi connectivity index (χ4v) is 3.75. The maximum atomic E-state index is 5.82. The van der Waals surface area contributed by atoms with Crippen LogP contribution in [0, 0.1) is 0 Å². The molecule has 1 aliphatic rings. The molecule has 2 aromatic rings. The van der Waals surface area contributed by atoms with Crippen molar-refractivity contribution in [1.29, 1.82) is 0 Å². The van der Waals surface area contributed by atoms with E-state index in [4.69, 9.17) is 5.73 Å². The molecule has 0 amide bonds. The molecule has 0 radical (unpaired) electrons. The van der Waals surface area contributed by atoms with Crippen LogP contribution in [0.5, 0.6) is 0 Å². The van der Waals surface area contributed by atoms with Gasteiger partial charge in [0.1, 0.15) is 0 Å². The van der Waals surface area contributed by atoms with E-state index in [0.29, 0.717) is 6.04 Å². The van der Waals surface area contributed by atoms with E-state index in [1.807, 2.05) is 30.1 Å². The predicted octanol–water partition coefficient (Wildman–Crippen LogP) is 2.76. The van der Waals surface area contributed by atoms with Crippen LogP contribution in [0.4, 0.5) is 11.4 Å². The van der Waals surface area contributed by atoms with E-state index >= 15 is 0 Å². The van der Waals surface area contributed by atoms with Crippen LogP contribution >= 0.6 is 11.8 Å². The van der Waals surface area contributed by atoms with Crippen LogP contribution in [0.15, 0.2) is 30.5 Å². The topological polar surface area (TPSA) is 42.2 Å². The van der Waals surface area contributed by atoms with Crippen molar-refractivity contribution in [2.75, 3.05) is 29.2 Å². The van der Waals surface area contributed by atoms with E-state index in [1.54, 1.807) is 0 Å². The van der Waals surface area contributed by atoms with Gasteiger partial charge < -0.3 is 10.6 Å². The third-order valence-corrected chi connectivity index (χ3v) is 4.72. The number of nitrogens with zero attached hydrogens (tertiary/aromatic N) is 2. The van der Waals surface area contributed by atoms with Crippen molar-refractivity contribution in [1.82, 2.24) is 4.98 Å². The highest BCUT2D eigenvalue weighted by Crippen LogP contribution is 2.31. The molecule has 1 aromatic heterocycles. The number of nitrogens with two attached hydrogens (primary N) is 1. The Balaban J connectivity index is 2.05. The molecule has 0 saturated carbocycles. The van der Waals surface area contributed by atoms with Crippen LogP contribution in [-0.4, -0.2) is 29.6 Å². The molecule has 3 nitrogen and oxygen atoms in total. The van der Waals surface area contributed by atoms with Gasteiger partial charge in [-0.2, -0.15) is 11.8 Å². The standard InChI is InChI=1S/C14H17N3S/c1-17(11-5-7-18-9-11)14-4-6-16-13-8-10(15)2-3-12(13)14/h2-4,6,8,11H,5,7,9,15H2,1H3. The summed E-state index contributed by atoms with van der Waals surface area (Å²) in [5.41, 5.74) is 8.82. The average Bonchev–Trinajstić information content (AvgIpc) is 2.90. The predicted molar refractivity (Wildman–Crippen MR) is 80.3 cm³/mol. The number of rotatable bonds is 2. The molecule has 94 valence electrons. The Morgan fingerprint density at radius 1 is 1.39 bits per heavy atom. The van der Waals surface area contributed by atoms with E-state index in [2.05, 4.69) is 29.1 Å². The molecule has 2 heterocycles. The molecule has 0 aliphatic carbocycles. The van der Waals surface area contributed by atoms with Gasteiger partial charge in [-0.3, -0.25) is 4.98 Å². The Morgan fingerprint density at radius 3 is 3.06 bits per heavy atom. The molecule has 1 saturated heterocycles. The number of hydrogen-bond donors (Lipinski definition) is 1. The summed E-state index contributed by atoms with van der Waals surface area (Å²) in [5, 5.41) is 1.19. The minimum atomic E-state index is 0.637. The van der Waals surface area contributed by atoms with Crippen LogP contribution in [-0.2, 0) is 0 Å². The van der Waals surface area contributed by atoms with Gasteiger partial charge in [0.2, 0.25) is 0 Å². The molecule has 1 atom stereocenters. The first-order chi connectivity index (χ1) is 8.75. The summed E-state index contributed by atoms with van der Waals surface area (Å²) in [5.74, 6) is 2.49. The maximum Gasteiger partial charge on any atom is 0.0743 e. The van der Waals surface area contributed by atoms with Crippen molar-refractivity contribution >= 4 is 34.0 Å². The van der Waals surface area contributed by atoms with Gasteiger partial charge in [0.15, 0.2) is 0 Å². The van der Waals surface area contributed by atoms with Gasteiger partial charge in [-0.25, -0.2) is 0 Å². The Hall–Kier alpha value is -1.42. The number of nitrogen functional groups attached to an aromatic ring is 1. The van der Waals surface area contributed by atoms with Gasteiger partial charge >= 0.3 is 0 Å². The van der Waals surface area contributed by atoms with Crippen LogP contribution in [0.2, 0.25) is 0 Å². The first kappa shape index (κ1) is 11.7. The molecule has 1 aliphatic heterocycles. The molecule has 1 aromatic carbocycles. The lowest BCUT2D eigenvalue weighted by Crippen LogP contribution is -2.31. The molecule has 0 bridgehead atoms. The van der Waals surface area contributed by atoms with Crippen LogP contribution in [0.25, 0.3) is 10.9 Å². The fraction of sp³-hybridized carbons (Fsp3) is 0.357. The normalized spacial score (nSPS) is 19.3. The van der Waals surface area contributed by atoms with E-state index < -0.39 is 0 Å². The molecule has 3 rings (SSSR count). The fourth-order valence-electron chi connectivity index (χ4n) is 2.48.